The summed E-state index contributed by atoms with van der Waals surface area (Å²) in [5, 5.41) is 0. The molecule has 6 nitrogen and oxygen atoms in total. The van der Waals surface area contributed by atoms with Crippen LogP contribution < -0.4 is 0 Å². The largest absolute Gasteiger partial charge is 0.331 e. The molecule has 2 fully saturated rings. The van der Waals surface area contributed by atoms with E-state index < -0.39 is 5.54 Å². The molecule has 0 unspecified atom stereocenters. The van der Waals surface area contributed by atoms with Crippen LogP contribution in [-0.4, -0.2) is 50.7 Å². The predicted molar refractivity (Wildman–Crippen MR) is 117 cm³/mol. The first-order valence-corrected chi connectivity index (χ1v) is 11.0. The van der Waals surface area contributed by atoms with Gasteiger partial charge >= 0.3 is 6.03 Å². The van der Waals surface area contributed by atoms with E-state index in [0.717, 1.165) is 40.7 Å². The van der Waals surface area contributed by atoms with Crippen molar-refractivity contribution in [3.05, 3.63) is 59.2 Å². The molecule has 0 atom stereocenters. The Morgan fingerprint density at radius 1 is 0.968 bits per heavy atom. The number of carbonyl (C=O) groups excluding carboxylic acids is 3. The fourth-order valence-electron chi connectivity index (χ4n) is 4.65. The molecule has 160 valence electrons. The molecule has 6 heteroatoms. The Morgan fingerprint density at radius 2 is 1.65 bits per heavy atom. The van der Waals surface area contributed by atoms with E-state index in [2.05, 4.69) is 6.07 Å². The van der Waals surface area contributed by atoms with Crippen LogP contribution in [0.3, 0.4) is 0 Å². The van der Waals surface area contributed by atoms with E-state index in [9.17, 15) is 14.4 Å². The molecule has 1 saturated carbocycles. The number of benzene rings is 2. The Morgan fingerprint density at radius 3 is 2.26 bits per heavy atom. The van der Waals surface area contributed by atoms with Gasteiger partial charge in [-0.05, 0) is 68.0 Å². The molecule has 2 heterocycles. The van der Waals surface area contributed by atoms with Crippen molar-refractivity contribution in [2.24, 2.45) is 0 Å². The van der Waals surface area contributed by atoms with Gasteiger partial charge in [-0.2, -0.15) is 0 Å². The number of imide groups is 1. The summed E-state index contributed by atoms with van der Waals surface area (Å²) in [6.45, 7) is 6.90. The Hall–Kier alpha value is -3.15. The van der Waals surface area contributed by atoms with E-state index in [4.69, 9.17) is 0 Å². The van der Waals surface area contributed by atoms with Crippen molar-refractivity contribution in [2.75, 3.05) is 6.54 Å². The topological polar surface area (TPSA) is 60.9 Å². The van der Waals surface area contributed by atoms with Crippen molar-refractivity contribution in [3.8, 4) is 11.1 Å². The van der Waals surface area contributed by atoms with Gasteiger partial charge in [0, 0.05) is 31.2 Å². The van der Waals surface area contributed by atoms with Crippen molar-refractivity contribution in [1.82, 2.24) is 14.7 Å². The predicted octanol–water partition coefficient (Wildman–Crippen LogP) is 4.03. The van der Waals surface area contributed by atoms with Gasteiger partial charge in [-0.3, -0.25) is 14.5 Å². The van der Waals surface area contributed by atoms with Gasteiger partial charge in [0.1, 0.15) is 5.54 Å². The van der Waals surface area contributed by atoms with E-state index in [0.29, 0.717) is 25.7 Å². The van der Waals surface area contributed by atoms with Crippen molar-refractivity contribution in [3.63, 3.8) is 0 Å². The maximum absolute atomic E-state index is 12.7. The standard InChI is InChI=1S/C25H27N3O3/c1-4-26-23(30)25(2,3)28(24(26)31)14-16-5-7-17(8-6-16)18-9-12-21-19(13-18)15-27(22(21)29)20-10-11-20/h5-9,12-13,20H,4,10-11,14-15H2,1-3H3. The lowest BCUT2D eigenvalue weighted by molar-refractivity contribution is -0.131. The minimum absolute atomic E-state index is 0.149. The van der Waals surface area contributed by atoms with E-state index in [1.165, 1.54) is 4.90 Å². The summed E-state index contributed by atoms with van der Waals surface area (Å²) in [7, 11) is 0. The number of carbonyl (C=O) groups is 3. The van der Waals surface area contributed by atoms with Crippen molar-refractivity contribution >= 4 is 17.8 Å². The summed E-state index contributed by atoms with van der Waals surface area (Å²) < 4.78 is 0. The number of hydrogen-bond donors (Lipinski definition) is 0. The molecule has 31 heavy (non-hydrogen) atoms. The lowest BCUT2D eigenvalue weighted by atomic mass is 9.99. The molecule has 5 rings (SSSR count). The molecule has 3 aliphatic rings. The molecule has 0 bridgehead atoms. The summed E-state index contributed by atoms with van der Waals surface area (Å²) in [5.41, 5.74) is 4.22. The van der Waals surface area contributed by atoms with Crippen LogP contribution in [0.1, 0.15) is 55.1 Å². The zero-order valence-corrected chi connectivity index (χ0v) is 18.2. The minimum atomic E-state index is -0.842. The van der Waals surface area contributed by atoms with Crippen LogP contribution in [0.4, 0.5) is 4.79 Å². The Bertz CT molecular complexity index is 1090. The summed E-state index contributed by atoms with van der Waals surface area (Å²) in [4.78, 5) is 42.7. The van der Waals surface area contributed by atoms with E-state index in [1.807, 2.05) is 48.2 Å². The molecular weight excluding hydrogens is 390 g/mol. The van der Waals surface area contributed by atoms with E-state index in [-0.39, 0.29) is 17.8 Å². The summed E-state index contributed by atoms with van der Waals surface area (Å²) >= 11 is 0. The minimum Gasteiger partial charge on any atom is -0.331 e. The molecular formula is C25H27N3O3. The third-order valence-electron chi connectivity index (χ3n) is 6.77. The van der Waals surface area contributed by atoms with Gasteiger partial charge in [-0.15, -0.1) is 0 Å². The molecule has 0 radical (unpaired) electrons. The average Bonchev–Trinajstić information content (AvgIpc) is 3.53. The highest BCUT2D eigenvalue weighted by molar-refractivity contribution is 6.06. The summed E-state index contributed by atoms with van der Waals surface area (Å²) in [6, 6.07) is 14.4. The maximum Gasteiger partial charge on any atom is 0.327 e. The van der Waals surface area contributed by atoms with Gasteiger partial charge in [0.2, 0.25) is 0 Å². The molecule has 4 amide bonds. The van der Waals surface area contributed by atoms with Crippen molar-refractivity contribution < 1.29 is 14.4 Å². The summed E-state index contributed by atoms with van der Waals surface area (Å²) in [5.74, 6) is 0.0116. The first kappa shape index (κ1) is 19.8. The summed E-state index contributed by atoms with van der Waals surface area (Å²) in [6.07, 6.45) is 2.23. The van der Waals surface area contributed by atoms with Crippen molar-refractivity contribution in [1.29, 1.82) is 0 Å². The molecule has 2 aromatic rings. The van der Waals surface area contributed by atoms with Gasteiger partial charge in [-0.1, -0.05) is 30.3 Å². The second kappa shape index (κ2) is 6.94. The van der Waals surface area contributed by atoms with Crippen LogP contribution in [-0.2, 0) is 17.9 Å². The van der Waals surface area contributed by atoms with Crippen LogP contribution in [0.15, 0.2) is 42.5 Å². The SMILES string of the molecule is CCN1C(=O)N(Cc2ccc(-c3ccc4c(c3)CN(C3CC3)C4=O)cc2)C(C)(C)C1=O. The van der Waals surface area contributed by atoms with Crippen LogP contribution in [0.2, 0.25) is 0 Å². The van der Waals surface area contributed by atoms with Gasteiger partial charge < -0.3 is 9.80 Å². The monoisotopic (exact) mass is 417 g/mol. The lowest BCUT2D eigenvalue weighted by Crippen LogP contribution is -2.43. The Labute approximate surface area is 182 Å². The number of nitrogens with zero attached hydrogens (tertiary/aromatic N) is 3. The van der Waals surface area contributed by atoms with Crippen LogP contribution in [0.25, 0.3) is 11.1 Å². The fourth-order valence-corrected chi connectivity index (χ4v) is 4.65. The number of urea groups is 1. The quantitative estimate of drug-likeness (QED) is 0.690. The maximum atomic E-state index is 12.7. The van der Waals surface area contributed by atoms with Crippen LogP contribution in [0.5, 0.6) is 0 Å². The number of fused-ring (bicyclic) bond motifs is 1. The molecule has 0 aromatic heterocycles. The van der Waals surface area contributed by atoms with E-state index >= 15 is 0 Å². The number of rotatable bonds is 5. The van der Waals surface area contributed by atoms with Crippen molar-refractivity contribution in [2.45, 2.75) is 58.3 Å². The Kier molecular flexibility index (Phi) is 4.43. The van der Waals surface area contributed by atoms with Crippen LogP contribution in [0, 0.1) is 0 Å². The average molecular weight is 418 g/mol. The third kappa shape index (κ3) is 3.12. The van der Waals surface area contributed by atoms with Gasteiger partial charge in [0.05, 0.1) is 0 Å². The molecule has 0 spiro atoms. The molecule has 1 aliphatic carbocycles. The fraction of sp³-hybridized carbons (Fsp3) is 0.400. The van der Waals surface area contributed by atoms with Crippen LogP contribution >= 0.6 is 0 Å². The highest BCUT2D eigenvalue weighted by atomic mass is 16.2. The first-order valence-electron chi connectivity index (χ1n) is 11.0. The zero-order valence-electron chi connectivity index (χ0n) is 18.2. The molecule has 2 aliphatic heterocycles. The second-order valence-electron chi connectivity index (χ2n) is 9.21. The highest BCUT2D eigenvalue weighted by Gasteiger charge is 2.50. The number of amides is 4. The number of likely N-dealkylation sites (N-methyl/N-ethyl adjacent to an activating group) is 1. The van der Waals surface area contributed by atoms with E-state index in [1.54, 1.807) is 18.7 Å². The number of hydrogen-bond acceptors (Lipinski definition) is 3. The molecule has 1 saturated heterocycles. The first-order chi connectivity index (χ1) is 14.8. The normalized spacial score (nSPS) is 20.1. The smallest absolute Gasteiger partial charge is 0.327 e. The van der Waals surface area contributed by atoms with Gasteiger partial charge in [0.25, 0.3) is 11.8 Å². The second-order valence-corrected chi connectivity index (χ2v) is 9.21. The Balaban J connectivity index is 1.35. The lowest BCUT2D eigenvalue weighted by Gasteiger charge is -2.27. The van der Waals surface area contributed by atoms with Gasteiger partial charge in [-0.25, -0.2) is 4.79 Å². The zero-order chi connectivity index (χ0) is 21.9. The molecule has 0 N–H and O–H groups in total. The third-order valence-corrected chi connectivity index (χ3v) is 6.77. The molecule has 2 aromatic carbocycles. The van der Waals surface area contributed by atoms with Gasteiger partial charge in [0.15, 0.2) is 0 Å². The highest BCUT2D eigenvalue weighted by Crippen LogP contribution is 2.36.